The van der Waals surface area contributed by atoms with E-state index < -0.39 is 0 Å². The van der Waals surface area contributed by atoms with Gasteiger partial charge in [0.15, 0.2) is 0 Å². The molecule has 1 aliphatic rings. The molecule has 0 spiro atoms. The van der Waals surface area contributed by atoms with Crippen LogP contribution in [0.3, 0.4) is 0 Å². The molecule has 5 heteroatoms. The predicted molar refractivity (Wildman–Crippen MR) is 66.9 cm³/mol. The maximum atomic E-state index is 5.40. The van der Waals surface area contributed by atoms with Crippen molar-refractivity contribution in [1.29, 1.82) is 0 Å². The third kappa shape index (κ3) is 3.06. The molecule has 1 aromatic heterocycles. The van der Waals surface area contributed by atoms with Crippen molar-refractivity contribution >= 4 is 5.71 Å². The van der Waals surface area contributed by atoms with Crippen LogP contribution in [-0.4, -0.2) is 40.5 Å². The van der Waals surface area contributed by atoms with Crippen molar-refractivity contribution in [3.63, 3.8) is 0 Å². The van der Waals surface area contributed by atoms with E-state index in [-0.39, 0.29) is 6.10 Å². The Hall–Kier alpha value is -1.36. The van der Waals surface area contributed by atoms with Crippen molar-refractivity contribution in [1.82, 2.24) is 15.1 Å². The van der Waals surface area contributed by atoms with Gasteiger partial charge in [0.2, 0.25) is 0 Å². The van der Waals surface area contributed by atoms with Gasteiger partial charge in [0, 0.05) is 30.8 Å². The van der Waals surface area contributed by atoms with Crippen LogP contribution in [0.5, 0.6) is 0 Å². The number of oxime groups is 1. The van der Waals surface area contributed by atoms with Crippen LogP contribution >= 0.6 is 0 Å². The summed E-state index contributed by atoms with van der Waals surface area (Å²) in [6, 6.07) is 0. The maximum absolute atomic E-state index is 5.40. The molecule has 0 saturated heterocycles. The molecular formula is C12H20N4O. The number of rotatable bonds is 5. The minimum absolute atomic E-state index is 0.210. The third-order valence-electron chi connectivity index (χ3n) is 3.09. The van der Waals surface area contributed by atoms with Crippen LogP contribution in [0, 0.1) is 6.92 Å². The van der Waals surface area contributed by atoms with E-state index in [1.807, 2.05) is 13.1 Å². The molecule has 0 bridgehead atoms. The van der Waals surface area contributed by atoms with Crippen LogP contribution in [0.2, 0.25) is 0 Å². The summed E-state index contributed by atoms with van der Waals surface area (Å²) in [5, 5.41) is 11.1. The highest BCUT2D eigenvalue weighted by Crippen LogP contribution is 2.14. The van der Waals surface area contributed by atoms with Crippen LogP contribution in [0.15, 0.2) is 11.4 Å². The first-order chi connectivity index (χ1) is 8.19. The van der Waals surface area contributed by atoms with Gasteiger partial charge in [0.25, 0.3) is 0 Å². The zero-order valence-corrected chi connectivity index (χ0v) is 10.7. The quantitative estimate of drug-likeness (QED) is 0.846. The van der Waals surface area contributed by atoms with Gasteiger partial charge in [-0.1, -0.05) is 12.1 Å². The number of likely N-dealkylation sites (N-methyl/N-ethyl adjacent to an activating group) is 1. The van der Waals surface area contributed by atoms with E-state index in [4.69, 9.17) is 4.84 Å². The minimum Gasteiger partial charge on any atom is -0.391 e. The van der Waals surface area contributed by atoms with Gasteiger partial charge >= 0.3 is 0 Å². The highest BCUT2D eigenvalue weighted by atomic mass is 16.6. The van der Waals surface area contributed by atoms with Gasteiger partial charge in [-0.05, 0) is 20.4 Å². The zero-order valence-electron chi connectivity index (χ0n) is 10.7. The van der Waals surface area contributed by atoms with E-state index in [0.717, 1.165) is 31.6 Å². The van der Waals surface area contributed by atoms with Gasteiger partial charge in [-0.15, -0.1) is 0 Å². The minimum atomic E-state index is 0.210. The monoisotopic (exact) mass is 236 g/mol. The summed E-state index contributed by atoms with van der Waals surface area (Å²) >= 11 is 0. The lowest BCUT2D eigenvalue weighted by Crippen LogP contribution is -2.29. The predicted octanol–water partition coefficient (Wildman–Crippen LogP) is 1.70. The standard InChI is InChI=1S/C12H20N4O/c1-4-11-5-12(17-15-11)8-16(3)7-10-6-13-14-9(10)2/h6,12H,4-5,7-8H2,1-3H3,(H,13,14). The first kappa shape index (κ1) is 12.1. The van der Waals surface area contributed by atoms with Crippen molar-refractivity contribution < 1.29 is 4.84 Å². The lowest BCUT2D eigenvalue weighted by atomic mass is 10.1. The fraction of sp³-hybridized carbons (Fsp3) is 0.667. The summed E-state index contributed by atoms with van der Waals surface area (Å²) in [5.74, 6) is 0. The highest BCUT2D eigenvalue weighted by Gasteiger charge is 2.21. The van der Waals surface area contributed by atoms with Gasteiger partial charge in [0.05, 0.1) is 11.9 Å². The zero-order chi connectivity index (χ0) is 12.3. The lowest BCUT2D eigenvalue weighted by molar-refractivity contribution is 0.0576. The van der Waals surface area contributed by atoms with Crippen LogP contribution in [0.25, 0.3) is 0 Å². The summed E-state index contributed by atoms with van der Waals surface area (Å²) in [6.45, 7) is 5.95. The SMILES string of the molecule is CCC1=NOC(CN(C)Cc2cn[nH]c2C)C1. The molecule has 94 valence electrons. The maximum Gasteiger partial charge on any atom is 0.145 e. The van der Waals surface area contributed by atoms with E-state index in [1.165, 1.54) is 11.3 Å². The molecule has 2 heterocycles. The molecule has 0 fully saturated rings. The molecule has 17 heavy (non-hydrogen) atoms. The summed E-state index contributed by atoms with van der Waals surface area (Å²) in [5.41, 5.74) is 3.54. The Morgan fingerprint density at radius 2 is 2.41 bits per heavy atom. The van der Waals surface area contributed by atoms with Gasteiger partial charge in [0.1, 0.15) is 6.10 Å². The first-order valence-corrected chi connectivity index (χ1v) is 6.08. The molecule has 1 unspecified atom stereocenters. The van der Waals surface area contributed by atoms with Crippen LogP contribution in [0.1, 0.15) is 31.0 Å². The number of aromatic amines is 1. The summed E-state index contributed by atoms with van der Waals surface area (Å²) in [6.07, 6.45) is 4.05. The summed E-state index contributed by atoms with van der Waals surface area (Å²) < 4.78 is 0. The molecule has 1 aromatic rings. The number of nitrogens with zero attached hydrogens (tertiary/aromatic N) is 3. The molecule has 1 aliphatic heterocycles. The highest BCUT2D eigenvalue weighted by molar-refractivity contribution is 5.85. The van der Waals surface area contributed by atoms with Gasteiger partial charge in [-0.2, -0.15) is 5.10 Å². The molecule has 0 aromatic carbocycles. The van der Waals surface area contributed by atoms with E-state index in [1.54, 1.807) is 0 Å². The number of hydrogen-bond acceptors (Lipinski definition) is 4. The molecular weight excluding hydrogens is 216 g/mol. The number of aryl methyl sites for hydroxylation is 1. The van der Waals surface area contributed by atoms with E-state index in [2.05, 4.69) is 34.2 Å². The Morgan fingerprint density at radius 3 is 3.00 bits per heavy atom. The Bertz CT molecular complexity index is 399. The van der Waals surface area contributed by atoms with Gasteiger partial charge in [-0.3, -0.25) is 10.00 Å². The Kier molecular flexibility index (Phi) is 3.78. The smallest absolute Gasteiger partial charge is 0.145 e. The van der Waals surface area contributed by atoms with E-state index in [9.17, 15) is 0 Å². The molecule has 1 N–H and O–H groups in total. The van der Waals surface area contributed by atoms with Crippen molar-refractivity contribution in [2.24, 2.45) is 5.16 Å². The average Bonchev–Trinajstić information content (AvgIpc) is 2.89. The molecule has 0 saturated carbocycles. The molecule has 0 radical (unpaired) electrons. The van der Waals surface area contributed by atoms with Gasteiger partial charge in [-0.25, -0.2) is 0 Å². The fourth-order valence-corrected chi connectivity index (χ4v) is 2.03. The Morgan fingerprint density at radius 1 is 1.59 bits per heavy atom. The second-order valence-electron chi connectivity index (χ2n) is 4.66. The second-order valence-corrected chi connectivity index (χ2v) is 4.66. The van der Waals surface area contributed by atoms with E-state index in [0.29, 0.717) is 0 Å². The molecule has 2 rings (SSSR count). The van der Waals surface area contributed by atoms with Crippen molar-refractivity contribution in [3.8, 4) is 0 Å². The summed E-state index contributed by atoms with van der Waals surface area (Å²) in [7, 11) is 2.10. The normalized spacial score (nSPS) is 19.5. The fourth-order valence-electron chi connectivity index (χ4n) is 2.03. The molecule has 1 atom stereocenters. The van der Waals surface area contributed by atoms with E-state index >= 15 is 0 Å². The lowest BCUT2D eigenvalue weighted by Gasteiger charge is -2.19. The average molecular weight is 236 g/mol. The Labute approximate surface area is 102 Å². The van der Waals surface area contributed by atoms with Gasteiger partial charge < -0.3 is 4.84 Å². The van der Waals surface area contributed by atoms with Crippen LogP contribution in [-0.2, 0) is 11.4 Å². The largest absolute Gasteiger partial charge is 0.391 e. The van der Waals surface area contributed by atoms with Crippen molar-refractivity contribution in [2.75, 3.05) is 13.6 Å². The molecule has 0 amide bonds. The third-order valence-corrected chi connectivity index (χ3v) is 3.09. The number of H-pyrrole nitrogens is 1. The number of aromatic nitrogens is 2. The second kappa shape index (κ2) is 5.31. The van der Waals surface area contributed by atoms with Crippen LogP contribution in [0.4, 0.5) is 0 Å². The first-order valence-electron chi connectivity index (χ1n) is 6.08. The number of nitrogens with one attached hydrogen (secondary N) is 1. The Balaban J connectivity index is 1.79. The topological polar surface area (TPSA) is 53.5 Å². The molecule has 0 aliphatic carbocycles. The van der Waals surface area contributed by atoms with Crippen molar-refractivity contribution in [2.45, 2.75) is 39.3 Å². The van der Waals surface area contributed by atoms with Crippen LogP contribution < -0.4 is 0 Å². The van der Waals surface area contributed by atoms with Crippen molar-refractivity contribution in [3.05, 3.63) is 17.5 Å². The summed E-state index contributed by atoms with van der Waals surface area (Å²) in [4.78, 5) is 7.65. The number of hydrogen-bond donors (Lipinski definition) is 1. The molecule has 5 nitrogen and oxygen atoms in total.